The fourth-order valence-corrected chi connectivity index (χ4v) is 1.44. The summed E-state index contributed by atoms with van der Waals surface area (Å²) in [5.74, 6) is -0.589. The Labute approximate surface area is 132 Å². The van der Waals surface area contributed by atoms with E-state index in [1.54, 1.807) is 12.1 Å². The maximum Gasteiger partial charge on any atom is 0 e. The van der Waals surface area contributed by atoms with Gasteiger partial charge in [-0.25, -0.2) is 4.79 Å². The summed E-state index contributed by atoms with van der Waals surface area (Å²) >= 11 is 0. The molecule has 2 rings (SSSR count). The van der Waals surface area contributed by atoms with Gasteiger partial charge in [0.15, 0.2) is 5.78 Å². The second kappa shape index (κ2) is 14.3. The van der Waals surface area contributed by atoms with E-state index in [9.17, 15) is 9.59 Å². The molecule has 0 spiro atoms. The Kier molecular flexibility index (Phi) is 16.2. The van der Waals surface area contributed by atoms with Crippen LogP contribution in [0.25, 0.3) is 5.57 Å². The van der Waals surface area contributed by atoms with Gasteiger partial charge in [-0.05, 0) is 5.56 Å². The number of hydrogen-bond acceptors (Lipinski definition) is 3. The average Bonchev–Trinajstić information content (AvgIpc) is 2.57. The van der Waals surface area contributed by atoms with Crippen LogP contribution >= 0.6 is 0 Å². The fourth-order valence-electron chi connectivity index (χ4n) is 1.44. The zero-order valence-corrected chi connectivity index (χ0v) is 12.0. The molecule has 1 aliphatic carbocycles. The first-order chi connectivity index (χ1) is 9.74. The van der Waals surface area contributed by atoms with E-state index >= 15 is 0 Å². The molecule has 106 valence electrons. The molecular weight excluding hydrogens is 316 g/mol. The second-order valence-corrected chi connectivity index (χ2v) is 2.96. The molecule has 0 amide bonds. The van der Waals surface area contributed by atoms with Crippen molar-refractivity contribution >= 4 is 17.3 Å². The molecule has 1 aliphatic rings. The van der Waals surface area contributed by atoms with Gasteiger partial charge in [0, 0.05) is 34.6 Å². The van der Waals surface area contributed by atoms with Crippen LogP contribution in [0, 0.1) is 20.0 Å². The van der Waals surface area contributed by atoms with Gasteiger partial charge in [-0.3, -0.25) is 4.79 Å². The van der Waals surface area contributed by atoms with Gasteiger partial charge in [-0.15, -0.1) is 0 Å². The van der Waals surface area contributed by atoms with E-state index < -0.39 is 5.97 Å². The van der Waals surface area contributed by atoms with E-state index in [-0.39, 0.29) is 23.1 Å². The minimum absolute atomic E-state index is 0. The zero-order valence-electron chi connectivity index (χ0n) is 10.7. The van der Waals surface area contributed by atoms with Crippen molar-refractivity contribution in [3.05, 3.63) is 61.4 Å². The first-order valence-electron chi connectivity index (χ1n) is 4.79. The van der Waals surface area contributed by atoms with Crippen molar-refractivity contribution in [1.82, 2.24) is 0 Å². The molecule has 1 aromatic rings. The Balaban J connectivity index is -0.000000414. The van der Waals surface area contributed by atoms with E-state index in [1.165, 1.54) is 13.2 Å². The minimum atomic E-state index is -0.497. The number of rotatable bonds is 1. The molecule has 0 heterocycles. The van der Waals surface area contributed by atoms with Crippen LogP contribution in [0.1, 0.15) is 15.9 Å². The Morgan fingerprint density at radius 3 is 1.90 bits per heavy atom. The normalized spacial score (nSPS) is 11.0. The van der Waals surface area contributed by atoms with Crippen LogP contribution in [0.2, 0.25) is 0 Å². The number of esters is 1. The van der Waals surface area contributed by atoms with Crippen molar-refractivity contribution in [2.45, 2.75) is 0 Å². The van der Waals surface area contributed by atoms with Crippen molar-refractivity contribution in [3.63, 3.8) is 0 Å². The summed E-state index contributed by atoms with van der Waals surface area (Å²) in [4.78, 5) is 22.3. The molecule has 0 radical (unpaired) electrons. The van der Waals surface area contributed by atoms with E-state index in [2.05, 4.69) is 24.7 Å². The summed E-state index contributed by atoms with van der Waals surface area (Å²) in [7, 11) is 1.29. The average molecular weight is 324 g/mol. The Bertz CT molecular complexity index is 554. The molecule has 0 unspecified atom stereocenters. The standard InChI is InChI=1S/C11H8O3.3CO.Cr/c1-14-10(12)6-9-7-4-2-3-5-8(7)11(9)13;3*1-2;/h2-6H,1H3;;;;/b9-6-;;;;. The summed E-state index contributed by atoms with van der Waals surface area (Å²) in [6.07, 6.45) is 1.23. The van der Waals surface area contributed by atoms with Crippen LogP contribution in [-0.2, 0) is 40.8 Å². The van der Waals surface area contributed by atoms with Crippen LogP contribution in [-0.4, -0.2) is 18.9 Å². The molecule has 6 nitrogen and oxygen atoms in total. The summed E-state index contributed by atoms with van der Waals surface area (Å²) in [6, 6.07) is 7.18. The van der Waals surface area contributed by atoms with Crippen LogP contribution in [0.3, 0.4) is 0 Å². The number of allylic oxidation sites excluding steroid dienone is 1. The van der Waals surface area contributed by atoms with E-state index in [1.807, 2.05) is 12.1 Å². The molecule has 0 N–H and O–H groups in total. The number of methoxy groups -OCH3 is 1. The second-order valence-electron chi connectivity index (χ2n) is 2.96. The maximum atomic E-state index is 11.4. The molecule has 0 saturated carbocycles. The summed E-state index contributed by atoms with van der Waals surface area (Å²) in [5.41, 5.74) is 1.93. The number of ketones is 1. The molecule has 21 heavy (non-hydrogen) atoms. The maximum absolute atomic E-state index is 11.4. The minimum Gasteiger partial charge on any atom is 0 e. The SMILES string of the molecule is COC(=O)/C=C1\C(=O)c2ccccc21.[C-]#[O+].[C-]#[O+].[C-]#[O+].[Cr]. The van der Waals surface area contributed by atoms with Crippen LogP contribution in [0.4, 0.5) is 0 Å². The molecule has 1 aromatic carbocycles. The molecule has 0 atom stereocenters. The topological polar surface area (TPSA) is 103 Å². The van der Waals surface area contributed by atoms with Crippen molar-refractivity contribution in [2.24, 2.45) is 0 Å². The molecule has 0 aliphatic heterocycles. The summed E-state index contributed by atoms with van der Waals surface area (Å²) < 4.78 is 27.0. The van der Waals surface area contributed by atoms with Gasteiger partial charge in [0.25, 0.3) is 0 Å². The Morgan fingerprint density at radius 1 is 1.05 bits per heavy atom. The molecule has 7 heteroatoms. The zero-order chi connectivity index (χ0) is 16.1. The molecule has 0 bridgehead atoms. The first kappa shape index (κ1) is 23.9. The molecule has 0 fully saturated rings. The first-order valence-corrected chi connectivity index (χ1v) is 4.79. The number of carbonyl (C=O) groups is 2. The van der Waals surface area contributed by atoms with Gasteiger partial charge in [0.05, 0.1) is 7.11 Å². The van der Waals surface area contributed by atoms with Crippen LogP contribution < -0.4 is 0 Å². The van der Waals surface area contributed by atoms with Gasteiger partial charge < -0.3 is 4.74 Å². The third-order valence-electron chi connectivity index (χ3n) is 2.17. The number of carbonyl (C=O) groups excluding carboxylic acids is 2. The van der Waals surface area contributed by atoms with Gasteiger partial charge in [-0.2, -0.15) is 0 Å². The van der Waals surface area contributed by atoms with E-state index in [4.69, 9.17) is 14.0 Å². The van der Waals surface area contributed by atoms with Crippen molar-refractivity contribution in [3.8, 4) is 0 Å². The number of ether oxygens (including phenoxy) is 1. The Hall–Kier alpha value is -2.15. The van der Waals surface area contributed by atoms with Gasteiger partial charge in [0.1, 0.15) is 0 Å². The Morgan fingerprint density at radius 2 is 1.48 bits per heavy atom. The fraction of sp³-hybridized carbons (Fsp3) is 0.0714. The van der Waals surface area contributed by atoms with Crippen molar-refractivity contribution in [1.29, 1.82) is 0 Å². The van der Waals surface area contributed by atoms with Gasteiger partial charge >= 0.3 is 39.9 Å². The monoisotopic (exact) mass is 324 g/mol. The van der Waals surface area contributed by atoms with E-state index in [0.717, 1.165) is 5.56 Å². The molecule has 0 saturated heterocycles. The predicted octanol–water partition coefficient (Wildman–Crippen LogP) is 1.32. The van der Waals surface area contributed by atoms with Crippen LogP contribution in [0.5, 0.6) is 0 Å². The number of Topliss-reactive ketones (excluding diaryl/α,β-unsaturated/α-hetero) is 1. The third kappa shape index (κ3) is 6.22. The third-order valence-corrected chi connectivity index (χ3v) is 2.17. The molecular formula is C14H8CrO6. The van der Waals surface area contributed by atoms with E-state index in [0.29, 0.717) is 11.1 Å². The van der Waals surface area contributed by atoms with Gasteiger partial charge in [0.2, 0.25) is 0 Å². The van der Waals surface area contributed by atoms with Crippen LogP contribution in [0.15, 0.2) is 30.3 Å². The summed E-state index contributed by atoms with van der Waals surface area (Å²) in [5, 5.41) is 0. The quantitative estimate of drug-likeness (QED) is 0.337. The summed E-state index contributed by atoms with van der Waals surface area (Å²) in [6.45, 7) is 13.5. The van der Waals surface area contributed by atoms with Crippen molar-refractivity contribution < 1.29 is 45.6 Å². The van der Waals surface area contributed by atoms with Crippen molar-refractivity contribution in [2.75, 3.05) is 7.11 Å². The van der Waals surface area contributed by atoms with Gasteiger partial charge in [-0.1, -0.05) is 24.3 Å². The molecule has 0 aromatic heterocycles. The number of hydrogen-bond donors (Lipinski definition) is 0. The smallest absolute Gasteiger partial charge is 0 e. The predicted molar refractivity (Wildman–Crippen MR) is 62.6 cm³/mol. The number of fused-ring (bicyclic) bond motifs is 1. The number of benzene rings is 1. The largest absolute Gasteiger partial charge is 0 e.